The molecule has 0 fully saturated rings. The van der Waals surface area contributed by atoms with Gasteiger partial charge in [-0.25, -0.2) is 0 Å². The van der Waals surface area contributed by atoms with Crippen LogP contribution < -0.4 is 4.74 Å². The number of ether oxygens (including phenoxy) is 2. The van der Waals surface area contributed by atoms with Crippen LogP contribution in [-0.4, -0.2) is 49.5 Å². The molecule has 1 rings (SSSR count). The van der Waals surface area contributed by atoms with Gasteiger partial charge in [-0.15, -0.1) is 0 Å². The highest BCUT2D eigenvalue weighted by atomic mass is 16.5. The molecule has 0 aliphatic heterocycles. The van der Waals surface area contributed by atoms with E-state index in [1.807, 2.05) is 12.1 Å². The summed E-state index contributed by atoms with van der Waals surface area (Å²) < 4.78 is 10.8. The van der Waals surface area contributed by atoms with Gasteiger partial charge in [0.15, 0.2) is 0 Å². The first-order valence-electron chi connectivity index (χ1n) is 9.01. The molecule has 1 N–H and O–H groups in total. The van der Waals surface area contributed by atoms with Crippen molar-refractivity contribution in [2.75, 3.05) is 33.4 Å². The second-order valence-corrected chi connectivity index (χ2v) is 7.35. The van der Waals surface area contributed by atoms with E-state index in [0.29, 0.717) is 31.6 Å². The molecule has 4 heteroatoms. The Hall–Kier alpha value is -1.10. The number of benzene rings is 1. The maximum absolute atomic E-state index is 10.3. The lowest BCUT2D eigenvalue weighted by Crippen LogP contribution is -2.36. The quantitative estimate of drug-likeness (QED) is 0.633. The van der Waals surface area contributed by atoms with Crippen molar-refractivity contribution < 1.29 is 14.6 Å². The Morgan fingerprint density at radius 1 is 1.00 bits per heavy atom. The average Bonchev–Trinajstić information content (AvgIpc) is 2.53. The van der Waals surface area contributed by atoms with Crippen LogP contribution in [0.5, 0.6) is 5.75 Å². The van der Waals surface area contributed by atoms with Crippen LogP contribution in [0.1, 0.15) is 39.7 Å². The van der Waals surface area contributed by atoms with Crippen LogP contribution in [0.15, 0.2) is 24.3 Å². The summed E-state index contributed by atoms with van der Waals surface area (Å²) in [6, 6.07) is 8.14. The molecule has 1 atom stereocenters. The summed E-state index contributed by atoms with van der Waals surface area (Å²) in [4.78, 5) is 2.31. The molecule has 0 heterocycles. The van der Waals surface area contributed by atoms with Gasteiger partial charge in [0.2, 0.25) is 0 Å². The van der Waals surface area contributed by atoms with Crippen LogP contribution in [-0.2, 0) is 11.3 Å². The van der Waals surface area contributed by atoms with Crippen LogP contribution in [0.2, 0.25) is 0 Å². The zero-order chi connectivity index (χ0) is 17.9. The molecule has 4 nitrogen and oxygen atoms in total. The molecule has 24 heavy (non-hydrogen) atoms. The van der Waals surface area contributed by atoms with Crippen molar-refractivity contribution in [1.29, 1.82) is 0 Å². The zero-order valence-corrected chi connectivity index (χ0v) is 16.0. The van der Waals surface area contributed by atoms with E-state index >= 15 is 0 Å². The van der Waals surface area contributed by atoms with Gasteiger partial charge in [-0.2, -0.15) is 0 Å². The minimum absolute atomic E-state index is 0.402. The highest BCUT2D eigenvalue weighted by molar-refractivity contribution is 5.27. The molecular weight excluding hydrogens is 302 g/mol. The first-order valence-corrected chi connectivity index (χ1v) is 9.01. The van der Waals surface area contributed by atoms with Crippen LogP contribution in [0.3, 0.4) is 0 Å². The molecule has 1 aromatic carbocycles. The summed E-state index contributed by atoms with van der Waals surface area (Å²) >= 11 is 0. The smallest absolute Gasteiger partial charge is 0.118 e. The first kappa shape index (κ1) is 20.9. The molecule has 0 aromatic heterocycles. The third-order valence-electron chi connectivity index (χ3n) is 3.82. The summed E-state index contributed by atoms with van der Waals surface area (Å²) in [6.45, 7) is 12.2. The van der Waals surface area contributed by atoms with Gasteiger partial charge in [-0.05, 0) is 42.5 Å². The average molecular weight is 338 g/mol. The normalized spacial score (nSPS) is 13.0. The minimum atomic E-state index is -0.450. The Balaban J connectivity index is 2.54. The number of rotatable bonds is 12. The number of aliphatic hydroxyl groups excluding tert-OH is 1. The molecule has 0 amide bonds. The molecule has 0 saturated heterocycles. The number of nitrogens with zero attached hydrogens (tertiary/aromatic N) is 1. The Bertz CT molecular complexity index is 431. The predicted molar refractivity (Wildman–Crippen MR) is 99.4 cm³/mol. The van der Waals surface area contributed by atoms with Gasteiger partial charge in [0.25, 0.3) is 0 Å². The van der Waals surface area contributed by atoms with Gasteiger partial charge >= 0.3 is 0 Å². The summed E-state index contributed by atoms with van der Waals surface area (Å²) in [5.74, 6) is 2.01. The maximum atomic E-state index is 10.3. The molecule has 1 aromatic rings. The third kappa shape index (κ3) is 9.26. The Labute approximate surface area is 147 Å². The highest BCUT2D eigenvalue weighted by Crippen LogP contribution is 2.14. The minimum Gasteiger partial charge on any atom is -0.497 e. The fraction of sp³-hybridized carbons (Fsp3) is 0.700. The molecule has 0 bridgehead atoms. The molecule has 0 radical (unpaired) electrons. The van der Waals surface area contributed by atoms with Crippen LogP contribution in [0.25, 0.3) is 0 Å². The van der Waals surface area contributed by atoms with E-state index in [0.717, 1.165) is 25.3 Å². The summed E-state index contributed by atoms with van der Waals surface area (Å²) in [5, 5.41) is 10.3. The second-order valence-electron chi connectivity index (χ2n) is 7.35. The van der Waals surface area contributed by atoms with Crippen molar-refractivity contribution in [2.24, 2.45) is 11.8 Å². The lowest BCUT2D eigenvalue weighted by atomic mass is 10.1. The number of hydrogen-bond acceptors (Lipinski definition) is 4. The van der Waals surface area contributed by atoms with Crippen LogP contribution in [0.4, 0.5) is 0 Å². The molecule has 0 aliphatic carbocycles. The van der Waals surface area contributed by atoms with Gasteiger partial charge in [-0.3, -0.25) is 4.90 Å². The SMILES string of the molecule is COc1ccc(CN(CCC(C)C)C[C@H](O)COCC(C)C)cc1. The number of hydrogen-bond donors (Lipinski definition) is 1. The third-order valence-corrected chi connectivity index (χ3v) is 3.82. The number of methoxy groups -OCH3 is 1. The van der Waals surface area contributed by atoms with Gasteiger partial charge in [-0.1, -0.05) is 39.8 Å². The fourth-order valence-electron chi connectivity index (χ4n) is 2.46. The van der Waals surface area contributed by atoms with Gasteiger partial charge in [0, 0.05) is 19.7 Å². The first-order chi connectivity index (χ1) is 11.4. The Morgan fingerprint density at radius 3 is 2.21 bits per heavy atom. The summed E-state index contributed by atoms with van der Waals surface area (Å²) in [6.07, 6.45) is 0.671. The molecule has 0 unspecified atom stereocenters. The molecule has 0 saturated carbocycles. The van der Waals surface area contributed by atoms with Crippen molar-refractivity contribution in [2.45, 2.75) is 46.8 Å². The summed E-state index contributed by atoms with van der Waals surface area (Å²) in [5.41, 5.74) is 1.23. The maximum Gasteiger partial charge on any atom is 0.118 e. The van der Waals surface area contributed by atoms with E-state index < -0.39 is 6.10 Å². The van der Waals surface area contributed by atoms with Crippen molar-refractivity contribution in [3.63, 3.8) is 0 Å². The van der Waals surface area contributed by atoms with Crippen LogP contribution in [0, 0.1) is 11.8 Å². The summed E-state index contributed by atoms with van der Waals surface area (Å²) in [7, 11) is 1.68. The van der Waals surface area contributed by atoms with Crippen molar-refractivity contribution in [1.82, 2.24) is 4.90 Å². The predicted octanol–water partition coefficient (Wildman–Crippen LogP) is 3.58. The van der Waals surface area contributed by atoms with E-state index in [4.69, 9.17) is 9.47 Å². The standard InChI is InChI=1S/C20H35NO3/c1-16(2)10-11-21(13-19(22)15-24-14-17(3)4)12-18-6-8-20(23-5)9-7-18/h6-9,16-17,19,22H,10-15H2,1-5H3/t19-/m0/s1. The van der Waals surface area contributed by atoms with Gasteiger partial charge in [0.05, 0.1) is 19.8 Å². The Kier molecular flexibility index (Phi) is 9.99. The van der Waals surface area contributed by atoms with Crippen molar-refractivity contribution in [3.05, 3.63) is 29.8 Å². The van der Waals surface area contributed by atoms with Gasteiger partial charge in [0.1, 0.15) is 5.75 Å². The Morgan fingerprint density at radius 2 is 1.67 bits per heavy atom. The highest BCUT2D eigenvalue weighted by Gasteiger charge is 2.13. The molecule has 0 aliphatic rings. The topological polar surface area (TPSA) is 41.9 Å². The van der Waals surface area contributed by atoms with E-state index in [2.05, 4.69) is 44.7 Å². The molecule has 0 spiro atoms. The van der Waals surface area contributed by atoms with Crippen molar-refractivity contribution in [3.8, 4) is 5.75 Å². The lowest BCUT2D eigenvalue weighted by molar-refractivity contribution is 0.00628. The lowest BCUT2D eigenvalue weighted by Gasteiger charge is -2.26. The van der Waals surface area contributed by atoms with Gasteiger partial charge < -0.3 is 14.6 Å². The monoisotopic (exact) mass is 337 g/mol. The van der Waals surface area contributed by atoms with Crippen LogP contribution >= 0.6 is 0 Å². The zero-order valence-electron chi connectivity index (χ0n) is 16.0. The molecular formula is C20H35NO3. The molecule has 138 valence electrons. The second kappa shape index (κ2) is 11.5. The van der Waals surface area contributed by atoms with E-state index in [-0.39, 0.29) is 0 Å². The van der Waals surface area contributed by atoms with E-state index in [9.17, 15) is 5.11 Å². The number of aliphatic hydroxyl groups is 1. The van der Waals surface area contributed by atoms with E-state index in [1.54, 1.807) is 7.11 Å². The fourth-order valence-corrected chi connectivity index (χ4v) is 2.46. The van der Waals surface area contributed by atoms with E-state index in [1.165, 1.54) is 5.56 Å². The largest absolute Gasteiger partial charge is 0.497 e. The van der Waals surface area contributed by atoms with Crippen molar-refractivity contribution >= 4 is 0 Å².